The monoisotopic (exact) mass is 196 g/mol. The maximum atomic E-state index is 8.58. The molecule has 0 N–H and O–H groups in total. The van der Waals surface area contributed by atoms with Crippen molar-refractivity contribution in [3.05, 3.63) is 0 Å². The third-order valence-electron chi connectivity index (χ3n) is 2.44. The lowest BCUT2D eigenvalue weighted by Crippen LogP contribution is -2.36. The van der Waals surface area contributed by atoms with Crippen LogP contribution in [0.3, 0.4) is 0 Å². The van der Waals surface area contributed by atoms with E-state index >= 15 is 0 Å². The molecule has 2 nitrogen and oxygen atoms in total. The van der Waals surface area contributed by atoms with Gasteiger partial charge in [-0.3, -0.25) is 4.90 Å². The Bertz CT molecular complexity index is 170. The topological polar surface area (TPSA) is 27.0 Å². The molecule has 0 aromatic carbocycles. The molecular weight excluding hydrogens is 172 g/mol. The first-order valence-corrected chi connectivity index (χ1v) is 5.72. The lowest BCUT2D eigenvalue weighted by Gasteiger charge is -2.29. The highest BCUT2D eigenvalue weighted by Crippen LogP contribution is 2.09. The van der Waals surface area contributed by atoms with Crippen molar-refractivity contribution in [2.45, 2.75) is 53.0 Å². The quantitative estimate of drug-likeness (QED) is 0.626. The van der Waals surface area contributed by atoms with Gasteiger partial charge in [-0.05, 0) is 19.3 Å². The smallest absolute Gasteiger partial charge is 0.0635 e. The van der Waals surface area contributed by atoms with Gasteiger partial charge in [0.25, 0.3) is 0 Å². The van der Waals surface area contributed by atoms with Crippen LogP contribution in [0, 0.1) is 17.2 Å². The predicted molar refractivity (Wildman–Crippen MR) is 61.0 cm³/mol. The molecule has 0 aliphatic heterocycles. The van der Waals surface area contributed by atoms with Crippen LogP contribution in [-0.2, 0) is 0 Å². The van der Waals surface area contributed by atoms with Gasteiger partial charge >= 0.3 is 0 Å². The molecular formula is C12H24N2. The Morgan fingerprint density at radius 3 is 2.36 bits per heavy atom. The summed E-state index contributed by atoms with van der Waals surface area (Å²) in [6.45, 7) is 11.0. The second-order valence-corrected chi connectivity index (χ2v) is 4.43. The van der Waals surface area contributed by atoms with Crippen LogP contribution in [0.2, 0.25) is 0 Å². The molecule has 0 saturated heterocycles. The Morgan fingerprint density at radius 1 is 1.29 bits per heavy atom. The molecule has 0 aromatic rings. The summed E-state index contributed by atoms with van der Waals surface area (Å²) in [6.07, 6.45) is 3.11. The molecule has 0 aliphatic rings. The van der Waals surface area contributed by atoms with Crippen molar-refractivity contribution >= 4 is 0 Å². The second kappa shape index (κ2) is 7.82. The zero-order valence-corrected chi connectivity index (χ0v) is 10.1. The number of nitriles is 1. The summed E-state index contributed by atoms with van der Waals surface area (Å²) in [5, 5.41) is 8.58. The van der Waals surface area contributed by atoms with Crippen LogP contribution < -0.4 is 0 Å². The summed E-state index contributed by atoms with van der Waals surface area (Å²) in [5.41, 5.74) is 0. The molecule has 0 saturated carbocycles. The molecule has 0 aromatic heterocycles. The summed E-state index contributed by atoms with van der Waals surface area (Å²) in [7, 11) is 0. The van der Waals surface area contributed by atoms with Crippen molar-refractivity contribution in [2.75, 3.05) is 13.1 Å². The zero-order chi connectivity index (χ0) is 11.0. The van der Waals surface area contributed by atoms with E-state index in [2.05, 4.69) is 38.7 Å². The Balaban J connectivity index is 4.02. The maximum Gasteiger partial charge on any atom is 0.0635 e. The van der Waals surface area contributed by atoms with Crippen LogP contribution in [0.5, 0.6) is 0 Å². The summed E-state index contributed by atoms with van der Waals surface area (Å²) in [6, 6.07) is 2.85. The van der Waals surface area contributed by atoms with E-state index in [0.29, 0.717) is 18.4 Å². The molecule has 1 unspecified atom stereocenters. The fraction of sp³-hybridized carbons (Fsp3) is 0.917. The van der Waals surface area contributed by atoms with E-state index in [0.717, 1.165) is 13.1 Å². The van der Waals surface area contributed by atoms with Gasteiger partial charge in [-0.2, -0.15) is 5.26 Å². The van der Waals surface area contributed by atoms with Crippen LogP contribution in [0.4, 0.5) is 0 Å². The first-order valence-electron chi connectivity index (χ1n) is 5.72. The average molecular weight is 196 g/mol. The van der Waals surface area contributed by atoms with Crippen molar-refractivity contribution < 1.29 is 0 Å². The van der Waals surface area contributed by atoms with Gasteiger partial charge in [-0.15, -0.1) is 0 Å². The molecule has 14 heavy (non-hydrogen) atoms. The van der Waals surface area contributed by atoms with Crippen molar-refractivity contribution in [3.8, 4) is 6.07 Å². The molecule has 0 rings (SSSR count). The van der Waals surface area contributed by atoms with Crippen LogP contribution in [0.15, 0.2) is 0 Å². The number of hydrogen-bond acceptors (Lipinski definition) is 2. The van der Waals surface area contributed by atoms with Crippen LogP contribution in [0.25, 0.3) is 0 Å². The largest absolute Gasteiger partial charge is 0.299 e. The highest BCUT2D eigenvalue weighted by molar-refractivity contribution is 4.76. The van der Waals surface area contributed by atoms with Gasteiger partial charge in [0.1, 0.15) is 0 Å². The molecule has 0 radical (unpaired) electrons. The number of nitrogens with zero attached hydrogens (tertiary/aromatic N) is 2. The van der Waals surface area contributed by atoms with Crippen LogP contribution >= 0.6 is 0 Å². The van der Waals surface area contributed by atoms with Gasteiger partial charge in [0.15, 0.2) is 0 Å². The minimum absolute atomic E-state index is 0.621. The van der Waals surface area contributed by atoms with Gasteiger partial charge in [0.2, 0.25) is 0 Å². The normalized spacial score (nSPS) is 13.2. The summed E-state index contributed by atoms with van der Waals surface area (Å²) in [4.78, 5) is 2.44. The van der Waals surface area contributed by atoms with E-state index in [4.69, 9.17) is 5.26 Å². The van der Waals surface area contributed by atoms with Gasteiger partial charge in [0, 0.05) is 25.6 Å². The molecule has 0 spiro atoms. The molecule has 0 fully saturated rings. The minimum Gasteiger partial charge on any atom is -0.299 e. The Morgan fingerprint density at radius 2 is 1.93 bits per heavy atom. The van der Waals surface area contributed by atoms with E-state index in [9.17, 15) is 0 Å². The van der Waals surface area contributed by atoms with E-state index < -0.39 is 0 Å². The first-order chi connectivity index (χ1) is 6.61. The third-order valence-corrected chi connectivity index (χ3v) is 2.44. The Kier molecular flexibility index (Phi) is 7.51. The fourth-order valence-electron chi connectivity index (χ4n) is 1.75. The lowest BCUT2D eigenvalue weighted by molar-refractivity contribution is 0.181. The highest BCUT2D eigenvalue weighted by atomic mass is 15.1. The Labute approximate surface area is 88.9 Å². The molecule has 0 aliphatic carbocycles. The van der Waals surface area contributed by atoms with E-state index in [1.807, 2.05) is 0 Å². The van der Waals surface area contributed by atoms with Crippen molar-refractivity contribution in [2.24, 2.45) is 5.92 Å². The molecule has 82 valence electrons. The van der Waals surface area contributed by atoms with Gasteiger partial charge in [-0.25, -0.2) is 0 Å². The Hall–Kier alpha value is -0.550. The molecule has 2 heteroatoms. The van der Waals surface area contributed by atoms with E-state index in [-0.39, 0.29) is 0 Å². The highest BCUT2D eigenvalue weighted by Gasteiger charge is 2.13. The molecule has 1 atom stereocenters. The third kappa shape index (κ3) is 5.99. The standard InChI is InChI=1S/C12H24N2/c1-5-7-12(4)14(9-6-8-13)10-11(2)3/h11-12H,5-7,9-10H2,1-4H3. The second-order valence-electron chi connectivity index (χ2n) is 4.43. The molecule has 0 bridgehead atoms. The van der Waals surface area contributed by atoms with E-state index in [1.54, 1.807) is 0 Å². The number of hydrogen-bond donors (Lipinski definition) is 0. The summed E-state index contributed by atoms with van der Waals surface area (Å²) >= 11 is 0. The van der Waals surface area contributed by atoms with Crippen molar-refractivity contribution in [1.82, 2.24) is 4.90 Å². The van der Waals surface area contributed by atoms with Gasteiger partial charge < -0.3 is 0 Å². The minimum atomic E-state index is 0.621. The average Bonchev–Trinajstić information content (AvgIpc) is 2.12. The van der Waals surface area contributed by atoms with E-state index in [1.165, 1.54) is 12.8 Å². The maximum absolute atomic E-state index is 8.58. The fourth-order valence-corrected chi connectivity index (χ4v) is 1.75. The van der Waals surface area contributed by atoms with Crippen molar-refractivity contribution in [1.29, 1.82) is 5.26 Å². The van der Waals surface area contributed by atoms with Crippen molar-refractivity contribution in [3.63, 3.8) is 0 Å². The SMILES string of the molecule is CCCC(C)N(CCC#N)CC(C)C. The number of rotatable bonds is 7. The van der Waals surface area contributed by atoms with Gasteiger partial charge in [-0.1, -0.05) is 27.2 Å². The molecule has 0 heterocycles. The lowest BCUT2D eigenvalue weighted by atomic mass is 10.1. The summed E-state index contributed by atoms with van der Waals surface area (Å²) in [5.74, 6) is 0.688. The predicted octanol–water partition coefficient (Wildman–Crippen LogP) is 3.05. The first kappa shape index (κ1) is 13.4. The molecule has 0 amide bonds. The zero-order valence-electron chi connectivity index (χ0n) is 10.1. The van der Waals surface area contributed by atoms with Gasteiger partial charge in [0.05, 0.1) is 6.07 Å². The summed E-state index contributed by atoms with van der Waals surface area (Å²) < 4.78 is 0. The van der Waals surface area contributed by atoms with Crippen LogP contribution in [0.1, 0.15) is 47.0 Å². The van der Waals surface area contributed by atoms with Crippen LogP contribution in [-0.4, -0.2) is 24.0 Å².